The van der Waals surface area contributed by atoms with E-state index in [9.17, 15) is 4.39 Å². The molecule has 0 bridgehead atoms. The number of imidazole rings is 1. The Labute approximate surface area is 128 Å². The van der Waals surface area contributed by atoms with E-state index in [-0.39, 0.29) is 5.82 Å². The number of hydrogen-bond acceptors (Lipinski definition) is 3. The van der Waals surface area contributed by atoms with Crippen LogP contribution in [0.3, 0.4) is 0 Å². The van der Waals surface area contributed by atoms with E-state index in [0.717, 1.165) is 12.1 Å². The molecule has 0 fully saturated rings. The van der Waals surface area contributed by atoms with Crippen LogP contribution in [0.15, 0.2) is 24.4 Å². The number of nitrogens with one attached hydrogen (secondary N) is 1. The number of nitrogens with zero attached hydrogens (tertiary/aromatic N) is 2. The van der Waals surface area contributed by atoms with Crippen molar-refractivity contribution in [3.05, 3.63) is 40.9 Å². The molecule has 0 aliphatic heterocycles. The molecule has 0 atom stereocenters. The van der Waals surface area contributed by atoms with Crippen molar-refractivity contribution in [1.82, 2.24) is 9.55 Å². The second-order valence-corrected chi connectivity index (χ2v) is 5.09. The molecule has 0 radical (unpaired) electrons. The molecule has 6 heteroatoms. The standard InChI is InChI=1S/C15H19ClFN3O/c1-3-21-8-4-7-18-15-19-11(2)10-20(15)14-6-5-12(16)9-13(14)17/h5-6,9-10H,3-4,7-8H2,1-2H3,(H,18,19). The van der Waals surface area contributed by atoms with Crippen LogP contribution in [0.2, 0.25) is 5.02 Å². The molecule has 0 unspecified atom stereocenters. The van der Waals surface area contributed by atoms with Gasteiger partial charge in [-0.3, -0.25) is 4.57 Å². The quantitative estimate of drug-likeness (QED) is 0.790. The van der Waals surface area contributed by atoms with E-state index >= 15 is 0 Å². The molecule has 0 saturated carbocycles. The molecular formula is C15H19ClFN3O. The first-order valence-corrected chi connectivity index (χ1v) is 7.32. The number of ether oxygens (including phenoxy) is 1. The number of aromatic nitrogens is 2. The highest BCUT2D eigenvalue weighted by Crippen LogP contribution is 2.22. The summed E-state index contributed by atoms with van der Waals surface area (Å²) < 4.78 is 21.0. The molecular weight excluding hydrogens is 293 g/mol. The van der Waals surface area contributed by atoms with Crippen molar-refractivity contribution in [2.45, 2.75) is 20.3 Å². The predicted molar refractivity (Wildman–Crippen MR) is 82.9 cm³/mol. The molecule has 1 heterocycles. The van der Waals surface area contributed by atoms with Crippen molar-refractivity contribution in [2.24, 2.45) is 0 Å². The largest absolute Gasteiger partial charge is 0.382 e. The summed E-state index contributed by atoms with van der Waals surface area (Å²) in [7, 11) is 0. The monoisotopic (exact) mass is 311 g/mol. The number of hydrogen-bond donors (Lipinski definition) is 1. The van der Waals surface area contributed by atoms with Gasteiger partial charge in [0.1, 0.15) is 5.82 Å². The molecule has 1 N–H and O–H groups in total. The van der Waals surface area contributed by atoms with E-state index in [1.807, 2.05) is 13.8 Å². The van der Waals surface area contributed by atoms with Crippen molar-refractivity contribution in [2.75, 3.05) is 25.1 Å². The van der Waals surface area contributed by atoms with Gasteiger partial charge >= 0.3 is 0 Å². The fourth-order valence-corrected chi connectivity index (χ4v) is 2.16. The second kappa shape index (κ2) is 7.43. The van der Waals surface area contributed by atoms with Crippen LogP contribution >= 0.6 is 11.6 Å². The molecule has 21 heavy (non-hydrogen) atoms. The Morgan fingerprint density at radius 3 is 2.95 bits per heavy atom. The third-order valence-corrected chi connectivity index (χ3v) is 3.18. The first-order valence-electron chi connectivity index (χ1n) is 6.95. The van der Waals surface area contributed by atoms with Crippen molar-refractivity contribution < 1.29 is 9.13 Å². The van der Waals surface area contributed by atoms with E-state index in [0.29, 0.717) is 36.4 Å². The van der Waals surface area contributed by atoms with Crippen molar-refractivity contribution in [3.8, 4) is 5.69 Å². The van der Waals surface area contributed by atoms with Gasteiger partial charge in [-0.15, -0.1) is 0 Å². The molecule has 2 aromatic rings. The van der Waals surface area contributed by atoms with E-state index in [1.165, 1.54) is 6.07 Å². The Kier molecular flexibility index (Phi) is 5.59. The van der Waals surface area contributed by atoms with Gasteiger partial charge in [0.05, 0.1) is 11.4 Å². The van der Waals surface area contributed by atoms with Crippen LogP contribution in [-0.4, -0.2) is 29.3 Å². The lowest BCUT2D eigenvalue weighted by Crippen LogP contribution is -2.10. The molecule has 0 saturated heterocycles. The summed E-state index contributed by atoms with van der Waals surface area (Å²) >= 11 is 5.79. The van der Waals surface area contributed by atoms with Gasteiger partial charge in [-0.1, -0.05) is 11.6 Å². The lowest BCUT2D eigenvalue weighted by molar-refractivity contribution is 0.147. The summed E-state index contributed by atoms with van der Waals surface area (Å²) in [6, 6.07) is 4.60. The third kappa shape index (κ3) is 4.19. The Morgan fingerprint density at radius 1 is 1.43 bits per heavy atom. The Balaban J connectivity index is 2.13. The fourth-order valence-electron chi connectivity index (χ4n) is 2.00. The zero-order valence-electron chi connectivity index (χ0n) is 12.2. The number of anilines is 1. The molecule has 114 valence electrons. The SMILES string of the molecule is CCOCCCNc1nc(C)cn1-c1ccc(Cl)cc1F. The number of aryl methyl sites for hydroxylation is 1. The highest BCUT2D eigenvalue weighted by Gasteiger charge is 2.11. The molecule has 0 amide bonds. The first kappa shape index (κ1) is 15.8. The molecule has 1 aromatic heterocycles. The second-order valence-electron chi connectivity index (χ2n) is 4.65. The summed E-state index contributed by atoms with van der Waals surface area (Å²) in [5.41, 5.74) is 1.24. The molecule has 4 nitrogen and oxygen atoms in total. The van der Waals surface area contributed by atoms with Crippen molar-refractivity contribution >= 4 is 17.5 Å². The maximum absolute atomic E-state index is 14.0. The highest BCUT2D eigenvalue weighted by molar-refractivity contribution is 6.30. The lowest BCUT2D eigenvalue weighted by atomic mass is 10.3. The predicted octanol–water partition coefficient (Wildman–Crippen LogP) is 3.81. The van der Waals surface area contributed by atoms with E-state index in [4.69, 9.17) is 16.3 Å². The zero-order chi connectivity index (χ0) is 15.2. The van der Waals surface area contributed by atoms with Crippen LogP contribution in [0, 0.1) is 12.7 Å². The maximum atomic E-state index is 14.0. The maximum Gasteiger partial charge on any atom is 0.207 e. The molecule has 0 spiro atoms. The molecule has 1 aromatic carbocycles. The van der Waals surface area contributed by atoms with E-state index in [2.05, 4.69) is 10.3 Å². The lowest BCUT2D eigenvalue weighted by Gasteiger charge is -2.10. The number of rotatable bonds is 7. The average Bonchev–Trinajstić information content (AvgIpc) is 2.79. The van der Waals surface area contributed by atoms with Gasteiger partial charge in [0, 0.05) is 31.0 Å². The topological polar surface area (TPSA) is 39.1 Å². The smallest absolute Gasteiger partial charge is 0.207 e. The van der Waals surface area contributed by atoms with E-state index in [1.54, 1.807) is 22.9 Å². The molecule has 0 aliphatic carbocycles. The van der Waals surface area contributed by atoms with Gasteiger partial charge in [-0.05, 0) is 38.5 Å². The van der Waals surface area contributed by atoms with Crippen LogP contribution in [0.1, 0.15) is 19.0 Å². The highest BCUT2D eigenvalue weighted by atomic mass is 35.5. The van der Waals surface area contributed by atoms with Crippen LogP contribution in [0.5, 0.6) is 0 Å². The van der Waals surface area contributed by atoms with Crippen LogP contribution in [0.25, 0.3) is 5.69 Å². The minimum absolute atomic E-state index is 0.374. The van der Waals surface area contributed by atoms with Gasteiger partial charge in [0.15, 0.2) is 0 Å². The fraction of sp³-hybridized carbons (Fsp3) is 0.400. The number of halogens is 2. The van der Waals surface area contributed by atoms with Crippen LogP contribution in [0.4, 0.5) is 10.3 Å². The number of benzene rings is 1. The van der Waals surface area contributed by atoms with E-state index < -0.39 is 0 Å². The van der Waals surface area contributed by atoms with Crippen LogP contribution < -0.4 is 5.32 Å². The summed E-state index contributed by atoms with van der Waals surface area (Å²) in [5, 5.41) is 3.58. The van der Waals surface area contributed by atoms with Crippen molar-refractivity contribution in [3.63, 3.8) is 0 Å². The molecule has 0 aliphatic rings. The van der Waals surface area contributed by atoms with Crippen molar-refractivity contribution in [1.29, 1.82) is 0 Å². The van der Waals surface area contributed by atoms with Crippen LogP contribution in [-0.2, 0) is 4.74 Å². The molecule has 2 rings (SSSR count). The zero-order valence-corrected chi connectivity index (χ0v) is 13.0. The Hall–Kier alpha value is -1.59. The van der Waals surface area contributed by atoms with Gasteiger partial charge in [0.25, 0.3) is 0 Å². The first-order chi connectivity index (χ1) is 10.1. The van der Waals surface area contributed by atoms with Gasteiger partial charge in [0.2, 0.25) is 5.95 Å². The van der Waals surface area contributed by atoms with Gasteiger partial charge in [-0.2, -0.15) is 0 Å². The summed E-state index contributed by atoms with van der Waals surface area (Å²) in [5.74, 6) is 0.238. The van der Waals surface area contributed by atoms with Gasteiger partial charge in [-0.25, -0.2) is 9.37 Å². The van der Waals surface area contributed by atoms with Gasteiger partial charge < -0.3 is 10.1 Å². The minimum Gasteiger partial charge on any atom is -0.382 e. The average molecular weight is 312 g/mol. The summed E-state index contributed by atoms with van der Waals surface area (Å²) in [6.07, 6.45) is 2.65. The summed E-state index contributed by atoms with van der Waals surface area (Å²) in [6.45, 7) is 5.95. The summed E-state index contributed by atoms with van der Waals surface area (Å²) in [4.78, 5) is 4.38. The third-order valence-electron chi connectivity index (χ3n) is 2.95. The minimum atomic E-state index is -0.378. The Morgan fingerprint density at radius 2 is 2.24 bits per heavy atom. The Bertz CT molecular complexity index is 601. The normalized spacial score (nSPS) is 10.9.